The van der Waals surface area contributed by atoms with E-state index in [-0.39, 0.29) is 23.0 Å². The van der Waals surface area contributed by atoms with Crippen LogP contribution in [0.1, 0.15) is 58.4 Å². The second kappa shape index (κ2) is 8.13. The molecule has 0 unspecified atom stereocenters. The van der Waals surface area contributed by atoms with Gasteiger partial charge in [0.05, 0.1) is 11.8 Å². The van der Waals surface area contributed by atoms with Gasteiger partial charge in [0.15, 0.2) is 5.78 Å². The van der Waals surface area contributed by atoms with Crippen molar-refractivity contribution in [3.8, 4) is 0 Å². The lowest BCUT2D eigenvalue weighted by molar-refractivity contribution is -0.151. The van der Waals surface area contributed by atoms with E-state index in [9.17, 15) is 19.5 Å². The molecule has 3 atom stereocenters. The normalized spacial score (nSPS) is 26.1. The molecular weight excluding hydrogens is 366 g/mol. The van der Waals surface area contributed by atoms with Gasteiger partial charge < -0.3 is 10.0 Å². The summed E-state index contributed by atoms with van der Waals surface area (Å²) >= 11 is 0. The summed E-state index contributed by atoms with van der Waals surface area (Å²) < 4.78 is 0. The van der Waals surface area contributed by atoms with Gasteiger partial charge in [-0.1, -0.05) is 49.8 Å². The van der Waals surface area contributed by atoms with Gasteiger partial charge >= 0.3 is 5.97 Å². The predicted molar refractivity (Wildman–Crippen MR) is 111 cm³/mol. The summed E-state index contributed by atoms with van der Waals surface area (Å²) in [6.07, 6.45) is 1.61. The largest absolute Gasteiger partial charge is 0.481 e. The lowest BCUT2D eigenvalue weighted by atomic mass is 9.59. The van der Waals surface area contributed by atoms with Gasteiger partial charge in [-0.05, 0) is 37.7 Å². The summed E-state index contributed by atoms with van der Waals surface area (Å²) in [5.74, 6) is -3.46. The van der Waals surface area contributed by atoms with Gasteiger partial charge in [0.25, 0.3) is 0 Å². The van der Waals surface area contributed by atoms with Crippen LogP contribution in [0.15, 0.2) is 41.5 Å². The Morgan fingerprint density at radius 2 is 1.72 bits per heavy atom. The quantitative estimate of drug-likeness (QED) is 0.813. The van der Waals surface area contributed by atoms with E-state index in [1.165, 1.54) is 0 Å². The third kappa shape index (κ3) is 4.00. The molecule has 0 aromatic heterocycles. The number of amides is 1. The zero-order valence-electron chi connectivity index (χ0n) is 17.8. The number of hydrogen-bond donors (Lipinski definition) is 1. The molecule has 1 N–H and O–H groups in total. The molecule has 0 bridgehead atoms. The molecule has 0 spiro atoms. The Bertz CT molecular complexity index is 836. The van der Waals surface area contributed by atoms with Crippen LogP contribution in [0.3, 0.4) is 0 Å². The number of carboxylic acids is 1. The molecule has 5 heteroatoms. The van der Waals surface area contributed by atoms with E-state index in [1.807, 2.05) is 44.2 Å². The Morgan fingerprint density at radius 1 is 1.10 bits per heavy atom. The highest BCUT2D eigenvalue weighted by Crippen LogP contribution is 2.51. The highest BCUT2D eigenvalue weighted by Gasteiger charge is 2.51. The van der Waals surface area contributed by atoms with Gasteiger partial charge in [-0.15, -0.1) is 0 Å². The van der Waals surface area contributed by atoms with Gasteiger partial charge in [-0.3, -0.25) is 14.4 Å². The van der Waals surface area contributed by atoms with Crippen molar-refractivity contribution >= 4 is 17.7 Å². The van der Waals surface area contributed by atoms with E-state index < -0.39 is 17.8 Å². The molecule has 156 valence electrons. The molecule has 29 heavy (non-hydrogen) atoms. The fourth-order valence-electron chi connectivity index (χ4n) is 5.19. The predicted octanol–water partition coefficient (Wildman–Crippen LogP) is 4.05. The molecule has 2 aliphatic rings. The number of aliphatic carboxylic acids is 1. The minimum absolute atomic E-state index is 0.0560. The molecule has 0 saturated carbocycles. The average Bonchev–Trinajstić information content (AvgIpc) is 2.66. The van der Waals surface area contributed by atoms with Gasteiger partial charge in [-0.25, -0.2) is 0 Å². The Kier molecular flexibility index (Phi) is 5.97. The number of carboxylic acid groups (broad SMARTS) is 1. The maximum Gasteiger partial charge on any atom is 0.308 e. The fourth-order valence-corrected chi connectivity index (χ4v) is 5.19. The molecule has 0 heterocycles. The van der Waals surface area contributed by atoms with Crippen LogP contribution in [-0.2, 0) is 14.4 Å². The van der Waals surface area contributed by atoms with Gasteiger partial charge in [0, 0.05) is 31.0 Å². The van der Waals surface area contributed by atoms with E-state index in [2.05, 4.69) is 13.8 Å². The highest BCUT2D eigenvalue weighted by atomic mass is 16.4. The second-order valence-electron chi connectivity index (χ2n) is 9.03. The highest BCUT2D eigenvalue weighted by molar-refractivity contribution is 6.05. The first-order valence-corrected chi connectivity index (χ1v) is 10.5. The summed E-state index contributed by atoms with van der Waals surface area (Å²) in [6.45, 7) is 8.89. The van der Waals surface area contributed by atoms with Crippen LogP contribution in [0, 0.1) is 17.3 Å². The zero-order valence-corrected chi connectivity index (χ0v) is 17.8. The first kappa shape index (κ1) is 21.3. The number of carbonyl (C=O) groups excluding carboxylic acids is 2. The number of Topliss-reactive ketones (excluding diaryl/α,β-unsaturated/α-hetero) is 1. The summed E-state index contributed by atoms with van der Waals surface area (Å²) in [6, 6.07) is 9.56. The SMILES string of the molecule is CCN(CC)C(=O)[C@@H]1C2=C(C[C@@H](c3ccccc3)[C@H]1C(=O)O)CC(C)(C)CC2=O. The molecule has 0 saturated heterocycles. The van der Waals surface area contributed by atoms with Crippen LogP contribution in [0.2, 0.25) is 0 Å². The molecule has 1 amide bonds. The fraction of sp³-hybridized carbons (Fsp3) is 0.542. The number of carbonyl (C=O) groups is 3. The monoisotopic (exact) mass is 397 g/mol. The smallest absolute Gasteiger partial charge is 0.308 e. The third-order valence-corrected chi connectivity index (χ3v) is 6.44. The van der Waals surface area contributed by atoms with E-state index in [1.54, 1.807) is 4.90 Å². The van der Waals surface area contributed by atoms with Crippen molar-refractivity contribution in [3.05, 3.63) is 47.0 Å². The lowest BCUT2D eigenvalue weighted by Gasteiger charge is -2.44. The molecular formula is C24H31NO4. The molecule has 1 aromatic rings. The maximum atomic E-state index is 13.5. The number of hydrogen-bond acceptors (Lipinski definition) is 3. The van der Waals surface area contributed by atoms with E-state index in [4.69, 9.17) is 0 Å². The number of rotatable bonds is 5. The van der Waals surface area contributed by atoms with Crippen molar-refractivity contribution in [2.24, 2.45) is 17.3 Å². The molecule has 2 aliphatic carbocycles. The molecule has 0 aliphatic heterocycles. The Morgan fingerprint density at radius 3 is 2.28 bits per heavy atom. The van der Waals surface area contributed by atoms with Crippen LogP contribution >= 0.6 is 0 Å². The Hall–Kier alpha value is -2.43. The van der Waals surface area contributed by atoms with Gasteiger partial charge in [-0.2, -0.15) is 0 Å². The summed E-state index contributed by atoms with van der Waals surface area (Å²) in [5.41, 5.74) is 2.21. The Balaban J connectivity index is 2.19. The summed E-state index contributed by atoms with van der Waals surface area (Å²) in [5, 5.41) is 10.2. The van der Waals surface area contributed by atoms with Gasteiger partial charge in [0.2, 0.25) is 5.91 Å². The average molecular weight is 398 g/mol. The molecule has 5 nitrogen and oxygen atoms in total. The number of nitrogens with zero attached hydrogens (tertiary/aromatic N) is 1. The Labute approximate surface area is 172 Å². The minimum Gasteiger partial charge on any atom is -0.481 e. The minimum atomic E-state index is -1.01. The van der Waals surface area contributed by atoms with E-state index in [0.29, 0.717) is 31.5 Å². The summed E-state index contributed by atoms with van der Waals surface area (Å²) in [7, 11) is 0. The van der Waals surface area contributed by atoms with Crippen LogP contribution in [0.4, 0.5) is 0 Å². The van der Waals surface area contributed by atoms with E-state index in [0.717, 1.165) is 17.6 Å². The van der Waals surface area contributed by atoms with Gasteiger partial charge in [0.1, 0.15) is 0 Å². The van der Waals surface area contributed by atoms with Crippen LogP contribution in [-0.4, -0.2) is 40.8 Å². The molecule has 3 rings (SSSR count). The van der Waals surface area contributed by atoms with Crippen molar-refractivity contribution in [1.29, 1.82) is 0 Å². The second-order valence-corrected chi connectivity index (χ2v) is 9.03. The first-order valence-electron chi connectivity index (χ1n) is 10.5. The van der Waals surface area contributed by atoms with Crippen molar-refractivity contribution < 1.29 is 19.5 Å². The zero-order chi connectivity index (χ0) is 21.3. The topological polar surface area (TPSA) is 74.7 Å². The molecule has 1 aromatic carbocycles. The van der Waals surface area contributed by atoms with E-state index >= 15 is 0 Å². The van der Waals surface area contributed by atoms with Crippen LogP contribution in [0.25, 0.3) is 0 Å². The number of allylic oxidation sites excluding steroid dienone is 1. The maximum absolute atomic E-state index is 13.5. The molecule has 0 radical (unpaired) electrons. The standard InChI is InChI=1S/C24H31NO4/c1-5-25(6-2)22(27)21-19-16(13-24(3,4)14-18(19)26)12-17(20(21)23(28)29)15-10-8-7-9-11-15/h7-11,17,20-21H,5-6,12-14H2,1-4H3,(H,28,29)/t17-,20+,21+/m0/s1. The van der Waals surface area contributed by atoms with Crippen molar-refractivity contribution in [2.45, 2.75) is 52.9 Å². The number of ketones is 1. The first-order chi connectivity index (χ1) is 13.7. The van der Waals surface area contributed by atoms with Crippen molar-refractivity contribution in [2.75, 3.05) is 13.1 Å². The summed E-state index contributed by atoms with van der Waals surface area (Å²) in [4.78, 5) is 40.8. The molecule has 0 fully saturated rings. The van der Waals surface area contributed by atoms with Crippen molar-refractivity contribution in [3.63, 3.8) is 0 Å². The van der Waals surface area contributed by atoms with Crippen molar-refractivity contribution in [1.82, 2.24) is 4.90 Å². The van der Waals surface area contributed by atoms with Crippen LogP contribution < -0.4 is 0 Å². The van der Waals surface area contributed by atoms with Crippen LogP contribution in [0.5, 0.6) is 0 Å². The number of benzene rings is 1. The lowest BCUT2D eigenvalue weighted by Crippen LogP contribution is -2.48. The third-order valence-electron chi connectivity index (χ3n) is 6.44.